The van der Waals surface area contributed by atoms with Crippen molar-refractivity contribution in [2.45, 2.75) is 38.6 Å². The van der Waals surface area contributed by atoms with Gasteiger partial charge >= 0.3 is 0 Å². The van der Waals surface area contributed by atoms with E-state index >= 15 is 0 Å². The third-order valence-corrected chi connectivity index (χ3v) is 9.45. The number of thiol groups is 1. The summed E-state index contributed by atoms with van der Waals surface area (Å²) in [6.45, 7) is 4.00. The lowest BCUT2D eigenvalue weighted by molar-refractivity contribution is -0.123. The number of anilines is 1. The number of hydrogen-bond acceptors (Lipinski definition) is 9. The molecular weight excluding hydrogens is 668 g/mol. The van der Waals surface area contributed by atoms with Crippen LogP contribution >= 0.6 is 28.7 Å². The minimum Gasteiger partial charge on any atom is -0.462 e. The average molecular weight is 698 g/mol. The molecule has 0 spiro atoms. The summed E-state index contributed by atoms with van der Waals surface area (Å²) in [6.07, 6.45) is 3.17. The average Bonchev–Trinajstić information content (AvgIpc) is 3.79. The van der Waals surface area contributed by atoms with Crippen LogP contribution in [0.1, 0.15) is 43.3 Å². The highest BCUT2D eigenvalue weighted by Crippen LogP contribution is 2.47. The number of oxazole rings is 2. The summed E-state index contributed by atoms with van der Waals surface area (Å²) in [5, 5.41) is 7.71. The number of para-hydroxylation sites is 2. The van der Waals surface area contributed by atoms with Gasteiger partial charge in [-0.3, -0.25) is 9.52 Å². The molecule has 3 atom stereocenters. The van der Waals surface area contributed by atoms with Gasteiger partial charge in [0.2, 0.25) is 23.9 Å². The molecule has 4 N–H and O–H groups in total. The van der Waals surface area contributed by atoms with Crippen LogP contribution in [0, 0.1) is 5.92 Å². The van der Waals surface area contributed by atoms with E-state index in [0.29, 0.717) is 35.3 Å². The summed E-state index contributed by atoms with van der Waals surface area (Å²) in [5.41, 5.74) is 5.82. The van der Waals surface area contributed by atoms with Gasteiger partial charge in [0.15, 0.2) is 17.2 Å². The van der Waals surface area contributed by atoms with Gasteiger partial charge in [0.1, 0.15) is 11.8 Å². The summed E-state index contributed by atoms with van der Waals surface area (Å²) < 4.78 is 23.4. The predicted molar refractivity (Wildman–Crippen MR) is 181 cm³/mol. The van der Waals surface area contributed by atoms with Crippen molar-refractivity contribution in [3.8, 4) is 39.8 Å². The maximum absolute atomic E-state index is 13.7. The van der Waals surface area contributed by atoms with Crippen LogP contribution in [0.5, 0.6) is 5.75 Å². The van der Waals surface area contributed by atoms with Gasteiger partial charge < -0.3 is 29.2 Å². The number of carbonyl (C=O) groups is 1. The number of halogens is 1. The molecular formula is C34H29BrN6O4S. The van der Waals surface area contributed by atoms with E-state index in [1.54, 1.807) is 6.20 Å². The monoisotopic (exact) mass is 696 g/mol. The van der Waals surface area contributed by atoms with Crippen molar-refractivity contribution >= 4 is 51.2 Å². The fraction of sp³-hybridized carbons (Fsp3) is 0.206. The Kier molecular flexibility index (Phi) is 7.15. The van der Waals surface area contributed by atoms with Gasteiger partial charge in [0.25, 0.3) is 0 Å². The second-order valence-corrected chi connectivity index (χ2v) is 12.9. The number of carbonyl (C=O) groups excluding carboxylic acids is 1. The van der Waals surface area contributed by atoms with Crippen LogP contribution in [-0.4, -0.2) is 26.9 Å². The number of H-pyrrole nitrogens is 1. The molecule has 9 rings (SSSR count). The topological polar surface area (TPSA) is 130 Å². The lowest BCUT2D eigenvalue weighted by Crippen LogP contribution is -2.44. The molecule has 3 aliphatic rings. The third kappa shape index (κ3) is 4.88. The van der Waals surface area contributed by atoms with E-state index in [4.69, 9.17) is 18.6 Å². The normalized spacial score (nSPS) is 19.0. The second-order valence-electron chi connectivity index (χ2n) is 11.8. The Balaban J connectivity index is 1.33. The van der Waals surface area contributed by atoms with E-state index in [2.05, 4.69) is 60.1 Å². The second kappa shape index (κ2) is 11.4. The molecule has 6 heterocycles. The van der Waals surface area contributed by atoms with Gasteiger partial charge in [0, 0.05) is 38.3 Å². The van der Waals surface area contributed by atoms with Crippen molar-refractivity contribution in [3.05, 3.63) is 94.7 Å². The summed E-state index contributed by atoms with van der Waals surface area (Å²) >= 11 is 8.05. The highest BCUT2D eigenvalue weighted by Gasteiger charge is 2.36. The number of aromatic nitrogens is 3. The van der Waals surface area contributed by atoms with Crippen molar-refractivity contribution < 1.29 is 18.4 Å². The molecule has 3 aliphatic heterocycles. The van der Waals surface area contributed by atoms with E-state index in [0.717, 1.165) is 43.3 Å². The van der Waals surface area contributed by atoms with Gasteiger partial charge in [-0.1, -0.05) is 63.1 Å². The first kappa shape index (κ1) is 28.9. The number of aromatic amines is 1. The Morgan fingerprint density at radius 1 is 1.02 bits per heavy atom. The number of nitrogens with zero attached hydrogens (tertiary/aromatic N) is 2. The van der Waals surface area contributed by atoms with Gasteiger partial charge in [-0.25, -0.2) is 9.97 Å². The van der Waals surface area contributed by atoms with Crippen LogP contribution in [0.15, 0.2) is 86.4 Å². The summed E-state index contributed by atoms with van der Waals surface area (Å²) in [5.74, 6) is 1.87. The number of amides is 1. The molecule has 0 saturated heterocycles. The van der Waals surface area contributed by atoms with E-state index in [1.165, 1.54) is 0 Å². The Bertz CT molecular complexity index is 2120. The van der Waals surface area contributed by atoms with Crippen LogP contribution in [0.3, 0.4) is 0 Å². The Morgan fingerprint density at radius 2 is 1.89 bits per heavy atom. The minimum absolute atomic E-state index is 0.0640. The molecule has 232 valence electrons. The molecule has 6 bridgehead atoms. The quantitative estimate of drug-likeness (QED) is 0.119. The number of fused-ring (bicyclic) bond motifs is 7. The Hall–Kier alpha value is -4.52. The lowest BCUT2D eigenvalue weighted by Gasteiger charge is -2.24. The molecule has 1 amide bonds. The zero-order valence-corrected chi connectivity index (χ0v) is 27.3. The smallest absolute Gasteiger partial charge is 0.249 e. The lowest BCUT2D eigenvalue weighted by atomic mass is 9.97. The van der Waals surface area contributed by atoms with E-state index in [-0.39, 0.29) is 17.7 Å². The maximum atomic E-state index is 13.7. The van der Waals surface area contributed by atoms with Crippen LogP contribution in [0.4, 0.5) is 5.69 Å². The fourth-order valence-corrected chi connectivity index (χ4v) is 6.81. The largest absolute Gasteiger partial charge is 0.462 e. The number of hydrogen-bond donors (Lipinski definition) is 5. The summed E-state index contributed by atoms with van der Waals surface area (Å²) in [4.78, 5) is 26.5. The number of benzene rings is 3. The Labute approximate surface area is 278 Å². The first-order valence-electron chi connectivity index (χ1n) is 15.0. The number of nitrogens with one attached hydrogen (secondary N) is 4. The number of ether oxygens (including phenoxy) is 1. The molecule has 10 nitrogen and oxygen atoms in total. The molecule has 0 radical (unpaired) electrons. The van der Waals surface area contributed by atoms with Crippen molar-refractivity contribution in [2.75, 3.05) is 5.32 Å². The van der Waals surface area contributed by atoms with Gasteiger partial charge in [-0.05, 0) is 58.1 Å². The zero-order chi connectivity index (χ0) is 31.5. The molecule has 3 aromatic heterocycles. The van der Waals surface area contributed by atoms with Gasteiger partial charge in [-0.15, -0.1) is 0 Å². The standard InChI is InChI=1S/C34H29BrN6O4S/c1-16(2)27-33-40-29(32-37-15-26(44-32)21-14-36-23-9-4-3-6-18(21)23)30(45-33)34-39-28-19(7-5-8-22(28)35)20-12-17(10-11-25(20)43-34)13-24(41-46)31(42)38-27/h3-12,14-16,24,27,34,36,39,41,46H,13H2,1-2H3,(H,38,42)/t24-,27-,34?/m0/s1. The first-order chi connectivity index (χ1) is 22.4. The van der Waals surface area contributed by atoms with Crippen molar-refractivity contribution in [3.63, 3.8) is 0 Å². The minimum atomic E-state index is -0.817. The molecule has 46 heavy (non-hydrogen) atoms. The van der Waals surface area contributed by atoms with Crippen LogP contribution in [0.2, 0.25) is 0 Å². The van der Waals surface area contributed by atoms with Crippen molar-refractivity contribution in [2.24, 2.45) is 5.92 Å². The molecule has 12 heteroatoms. The van der Waals surface area contributed by atoms with Crippen LogP contribution in [-0.2, 0) is 11.2 Å². The van der Waals surface area contributed by atoms with Gasteiger partial charge in [0.05, 0.1) is 17.9 Å². The van der Waals surface area contributed by atoms with E-state index in [1.807, 2.05) is 74.6 Å². The third-order valence-electron chi connectivity index (χ3n) is 8.48. The fourth-order valence-electron chi connectivity index (χ4n) is 6.12. The Morgan fingerprint density at radius 3 is 2.74 bits per heavy atom. The van der Waals surface area contributed by atoms with Crippen LogP contribution in [0.25, 0.3) is 44.9 Å². The molecule has 0 aliphatic carbocycles. The van der Waals surface area contributed by atoms with E-state index in [9.17, 15) is 4.79 Å². The first-order valence-corrected chi connectivity index (χ1v) is 16.2. The van der Waals surface area contributed by atoms with Crippen molar-refractivity contribution in [1.29, 1.82) is 0 Å². The predicted octanol–water partition coefficient (Wildman–Crippen LogP) is 7.58. The zero-order valence-electron chi connectivity index (χ0n) is 24.8. The molecule has 0 saturated carbocycles. The summed E-state index contributed by atoms with van der Waals surface area (Å²) in [7, 11) is 0. The van der Waals surface area contributed by atoms with Gasteiger partial charge in [-0.2, -0.15) is 0 Å². The van der Waals surface area contributed by atoms with E-state index < -0.39 is 18.3 Å². The molecule has 6 aromatic rings. The van der Waals surface area contributed by atoms with Crippen LogP contribution < -0.4 is 20.1 Å². The SMILES string of the molecule is CC(C)[C@@H]1NC(=O)[C@@H](NS)Cc2ccc3c(c2)-c2cccc(Br)c2NC(O3)c2oc1nc2-c1ncc(-c2c[nH]c3ccccc23)o1. The van der Waals surface area contributed by atoms with Crippen molar-refractivity contribution in [1.82, 2.24) is 25.0 Å². The number of rotatable bonds is 4. The highest BCUT2D eigenvalue weighted by molar-refractivity contribution is 9.10. The molecule has 0 fully saturated rings. The maximum Gasteiger partial charge on any atom is 0.249 e. The summed E-state index contributed by atoms with van der Waals surface area (Å²) in [6, 6.07) is 18.7. The molecule has 1 unspecified atom stereocenters. The highest BCUT2D eigenvalue weighted by atomic mass is 79.9. The molecule has 3 aromatic carbocycles.